The van der Waals surface area contributed by atoms with Crippen LogP contribution >= 0.6 is 0 Å². The highest BCUT2D eigenvalue weighted by molar-refractivity contribution is 7.88. The molecule has 21 heavy (non-hydrogen) atoms. The Balaban J connectivity index is 1.84. The Morgan fingerprint density at radius 1 is 1.19 bits per heavy atom. The minimum atomic E-state index is -3.51. The number of sulfonamides is 1. The summed E-state index contributed by atoms with van der Waals surface area (Å²) in [5.74, 6) is -0.408. The lowest BCUT2D eigenvalue weighted by atomic mass is 9.85. The molecule has 0 heterocycles. The second-order valence-electron chi connectivity index (χ2n) is 5.70. The van der Waals surface area contributed by atoms with E-state index < -0.39 is 21.9 Å². The van der Waals surface area contributed by atoms with Gasteiger partial charge in [0.25, 0.3) is 0 Å². The number of aliphatic hydroxyl groups is 1. The number of nitrogens with one attached hydrogen (secondary N) is 1. The molecule has 1 aliphatic carbocycles. The first kappa shape index (κ1) is 16.4. The minimum Gasteiger partial charge on any atom is -0.391 e. The van der Waals surface area contributed by atoms with Crippen LogP contribution in [0.25, 0.3) is 0 Å². The Hall–Kier alpha value is -0.980. The van der Waals surface area contributed by atoms with Crippen LogP contribution in [0.1, 0.15) is 37.7 Å². The first-order valence-corrected chi connectivity index (χ1v) is 9.01. The number of hydrogen-bond donors (Lipinski definition) is 2. The van der Waals surface area contributed by atoms with Crippen molar-refractivity contribution in [2.24, 2.45) is 5.92 Å². The molecule has 6 heteroatoms. The molecule has 1 aromatic rings. The van der Waals surface area contributed by atoms with E-state index >= 15 is 0 Å². The van der Waals surface area contributed by atoms with E-state index in [1.807, 2.05) is 0 Å². The third-order valence-electron chi connectivity index (χ3n) is 3.98. The van der Waals surface area contributed by atoms with Crippen molar-refractivity contribution < 1.29 is 17.9 Å². The predicted octanol–water partition coefficient (Wildman–Crippen LogP) is 2.19. The molecule has 0 radical (unpaired) electrons. The number of aliphatic hydroxyl groups excluding tert-OH is 1. The van der Waals surface area contributed by atoms with Crippen LogP contribution in [0.5, 0.6) is 0 Å². The zero-order valence-electron chi connectivity index (χ0n) is 12.0. The summed E-state index contributed by atoms with van der Waals surface area (Å²) < 4.78 is 39.1. The van der Waals surface area contributed by atoms with Crippen molar-refractivity contribution in [1.82, 2.24) is 4.72 Å². The highest BCUT2D eigenvalue weighted by Gasteiger charge is 2.23. The number of halogens is 1. The number of benzene rings is 1. The van der Waals surface area contributed by atoms with E-state index in [0.29, 0.717) is 5.56 Å². The van der Waals surface area contributed by atoms with Gasteiger partial charge >= 0.3 is 0 Å². The summed E-state index contributed by atoms with van der Waals surface area (Å²) in [7, 11) is -3.51. The summed E-state index contributed by atoms with van der Waals surface area (Å²) in [5.41, 5.74) is 0.524. The van der Waals surface area contributed by atoms with E-state index in [1.165, 1.54) is 30.7 Å². The average molecular weight is 315 g/mol. The smallest absolute Gasteiger partial charge is 0.215 e. The predicted molar refractivity (Wildman–Crippen MR) is 79.6 cm³/mol. The maximum Gasteiger partial charge on any atom is 0.215 e. The average Bonchev–Trinajstić information content (AvgIpc) is 2.48. The molecule has 1 fully saturated rings. The molecule has 1 atom stereocenters. The third-order valence-corrected chi connectivity index (χ3v) is 5.30. The van der Waals surface area contributed by atoms with Crippen LogP contribution in [0.4, 0.5) is 4.39 Å². The Morgan fingerprint density at radius 2 is 1.81 bits per heavy atom. The van der Waals surface area contributed by atoms with Crippen molar-refractivity contribution in [3.05, 3.63) is 35.6 Å². The van der Waals surface area contributed by atoms with Gasteiger partial charge in [-0.25, -0.2) is 17.5 Å². The molecule has 0 spiro atoms. The molecule has 4 nitrogen and oxygen atoms in total. The molecule has 0 bridgehead atoms. The fraction of sp³-hybridized carbons (Fsp3) is 0.600. The lowest BCUT2D eigenvalue weighted by Gasteiger charge is -2.26. The van der Waals surface area contributed by atoms with E-state index in [1.54, 1.807) is 0 Å². The summed E-state index contributed by atoms with van der Waals surface area (Å²) in [5, 5.41) is 10.1. The monoisotopic (exact) mass is 315 g/mol. The molecule has 1 aliphatic rings. The molecule has 0 aliphatic heterocycles. The van der Waals surface area contributed by atoms with E-state index in [0.717, 1.165) is 25.7 Å². The zero-order valence-corrected chi connectivity index (χ0v) is 12.8. The summed E-state index contributed by atoms with van der Waals surface area (Å²) in [6, 6.07) is 5.38. The number of rotatable bonds is 6. The summed E-state index contributed by atoms with van der Waals surface area (Å²) >= 11 is 0. The molecule has 1 unspecified atom stereocenters. The largest absolute Gasteiger partial charge is 0.391 e. The molecular formula is C15H22FNO3S. The molecule has 118 valence electrons. The van der Waals surface area contributed by atoms with Gasteiger partial charge in [0.15, 0.2) is 0 Å². The Bertz CT molecular complexity index is 539. The van der Waals surface area contributed by atoms with Gasteiger partial charge in [0.1, 0.15) is 5.82 Å². The quantitative estimate of drug-likeness (QED) is 0.845. The second kappa shape index (κ2) is 7.33. The molecular weight excluding hydrogens is 293 g/mol. The van der Waals surface area contributed by atoms with Crippen molar-refractivity contribution in [2.75, 3.05) is 6.54 Å². The van der Waals surface area contributed by atoms with Gasteiger partial charge in [-0.15, -0.1) is 0 Å². The fourth-order valence-corrected chi connectivity index (χ4v) is 3.91. The van der Waals surface area contributed by atoms with Crippen LogP contribution in [0.3, 0.4) is 0 Å². The Labute approximate surface area is 125 Å². The zero-order chi connectivity index (χ0) is 15.3. The van der Waals surface area contributed by atoms with Crippen LogP contribution in [-0.2, 0) is 15.8 Å². The van der Waals surface area contributed by atoms with E-state index in [4.69, 9.17) is 0 Å². The second-order valence-corrected chi connectivity index (χ2v) is 7.51. The Kier molecular flexibility index (Phi) is 5.72. The maximum atomic E-state index is 12.8. The van der Waals surface area contributed by atoms with Crippen LogP contribution in [0.15, 0.2) is 24.3 Å². The highest BCUT2D eigenvalue weighted by atomic mass is 32.2. The van der Waals surface area contributed by atoms with Crippen LogP contribution in [0.2, 0.25) is 0 Å². The maximum absolute atomic E-state index is 12.8. The lowest BCUT2D eigenvalue weighted by Crippen LogP contribution is -2.37. The molecule has 0 amide bonds. The first-order valence-electron chi connectivity index (χ1n) is 7.36. The van der Waals surface area contributed by atoms with Crippen LogP contribution in [-0.4, -0.2) is 26.2 Å². The molecule has 2 rings (SSSR count). The van der Waals surface area contributed by atoms with Crippen molar-refractivity contribution >= 4 is 10.0 Å². The molecule has 1 aromatic carbocycles. The van der Waals surface area contributed by atoms with Crippen molar-refractivity contribution in [3.63, 3.8) is 0 Å². The van der Waals surface area contributed by atoms with Crippen LogP contribution < -0.4 is 4.72 Å². The SMILES string of the molecule is O=S(=O)(Cc1ccc(F)cc1)NCC(O)C1CCCCC1. The molecule has 2 N–H and O–H groups in total. The van der Waals surface area contributed by atoms with Gasteiger partial charge in [0, 0.05) is 6.54 Å². The van der Waals surface area contributed by atoms with Crippen molar-refractivity contribution in [1.29, 1.82) is 0 Å². The van der Waals surface area contributed by atoms with Crippen LogP contribution in [0, 0.1) is 11.7 Å². The first-order chi connectivity index (χ1) is 9.96. The topological polar surface area (TPSA) is 66.4 Å². The minimum absolute atomic E-state index is 0.0498. The van der Waals surface area contributed by atoms with Gasteiger partial charge in [-0.2, -0.15) is 0 Å². The number of hydrogen-bond acceptors (Lipinski definition) is 3. The normalized spacial score (nSPS) is 18.6. The van der Waals surface area contributed by atoms with Crippen molar-refractivity contribution in [2.45, 2.75) is 44.0 Å². The van der Waals surface area contributed by atoms with E-state index in [9.17, 15) is 17.9 Å². The van der Waals surface area contributed by atoms with Gasteiger partial charge < -0.3 is 5.11 Å². The highest BCUT2D eigenvalue weighted by Crippen LogP contribution is 2.26. The Morgan fingerprint density at radius 3 is 2.43 bits per heavy atom. The summed E-state index contributed by atoms with van der Waals surface area (Å²) in [4.78, 5) is 0. The fourth-order valence-electron chi connectivity index (χ4n) is 2.75. The van der Waals surface area contributed by atoms with Gasteiger partial charge in [0.2, 0.25) is 10.0 Å². The van der Waals surface area contributed by atoms with Gasteiger partial charge in [-0.05, 0) is 36.5 Å². The molecule has 0 aromatic heterocycles. The summed E-state index contributed by atoms with van der Waals surface area (Å²) in [6.07, 6.45) is 4.68. The standard InChI is InChI=1S/C15H22FNO3S/c16-14-8-6-12(7-9-14)11-21(19,20)17-10-15(18)13-4-2-1-3-5-13/h6-9,13,15,17-18H,1-5,10-11H2. The lowest BCUT2D eigenvalue weighted by molar-refractivity contribution is 0.0888. The third kappa shape index (κ3) is 5.37. The summed E-state index contributed by atoms with van der Waals surface area (Å²) in [6.45, 7) is 0.0498. The van der Waals surface area contributed by atoms with Gasteiger partial charge in [-0.3, -0.25) is 0 Å². The van der Waals surface area contributed by atoms with E-state index in [2.05, 4.69) is 4.72 Å². The molecule has 0 saturated heterocycles. The molecule has 1 saturated carbocycles. The van der Waals surface area contributed by atoms with Gasteiger partial charge in [0.05, 0.1) is 11.9 Å². The van der Waals surface area contributed by atoms with E-state index in [-0.39, 0.29) is 18.2 Å². The van der Waals surface area contributed by atoms with Crippen molar-refractivity contribution in [3.8, 4) is 0 Å². The van der Waals surface area contributed by atoms with Gasteiger partial charge in [-0.1, -0.05) is 31.4 Å².